The van der Waals surface area contributed by atoms with Gasteiger partial charge in [0, 0.05) is 5.56 Å². The van der Waals surface area contributed by atoms with Gasteiger partial charge in [-0.25, -0.2) is 8.42 Å². The predicted molar refractivity (Wildman–Crippen MR) is 75.4 cm³/mol. The molecule has 1 rings (SSSR count). The molecule has 0 bridgehead atoms. The minimum Gasteiger partial charge on any atom is -0.497 e. The second-order valence-corrected chi connectivity index (χ2v) is 7.11. The van der Waals surface area contributed by atoms with E-state index in [1.54, 1.807) is 24.3 Å². The van der Waals surface area contributed by atoms with Crippen LogP contribution in [0.15, 0.2) is 24.3 Å². The van der Waals surface area contributed by atoms with Gasteiger partial charge in [-0.3, -0.25) is 4.79 Å². The summed E-state index contributed by atoms with van der Waals surface area (Å²) in [7, 11) is -1.79. The topological polar surface area (TPSA) is 60.4 Å². The molecule has 0 radical (unpaired) electrons. The fourth-order valence-electron chi connectivity index (χ4n) is 1.55. The van der Waals surface area contributed by atoms with Crippen LogP contribution in [0.3, 0.4) is 0 Å². The van der Waals surface area contributed by atoms with Gasteiger partial charge in [0.05, 0.1) is 12.9 Å². The van der Waals surface area contributed by atoms with Crippen LogP contribution in [0.4, 0.5) is 0 Å². The highest BCUT2D eigenvalue weighted by Gasteiger charge is 2.18. The van der Waals surface area contributed by atoms with Crippen molar-refractivity contribution in [2.45, 2.75) is 20.3 Å². The van der Waals surface area contributed by atoms with Crippen molar-refractivity contribution in [3.8, 4) is 5.75 Å². The Hall–Kier alpha value is -1.36. The summed E-state index contributed by atoms with van der Waals surface area (Å²) in [5.41, 5.74) is 0.397. The van der Waals surface area contributed by atoms with Crippen LogP contribution in [0.2, 0.25) is 0 Å². The zero-order valence-corrected chi connectivity index (χ0v) is 12.4. The molecule has 5 heteroatoms. The minimum atomic E-state index is -3.32. The number of sulfone groups is 1. The molecule has 0 aliphatic rings. The van der Waals surface area contributed by atoms with E-state index in [-0.39, 0.29) is 11.5 Å². The van der Waals surface area contributed by atoms with Crippen molar-refractivity contribution < 1.29 is 17.9 Å². The first-order valence-electron chi connectivity index (χ1n) is 6.22. The summed E-state index contributed by atoms with van der Waals surface area (Å²) in [5, 5.41) is 0. The van der Waals surface area contributed by atoms with E-state index < -0.39 is 15.6 Å². The minimum absolute atomic E-state index is 0.0621. The summed E-state index contributed by atoms with van der Waals surface area (Å²) < 4.78 is 28.6. The number of hydrogen-bond acceptors (Lipinski definition) is 4. The number of Topliss-reactive ketones (excluding diaryl/α,β-unsaturated/α-hetero) is 1. The van der Waals surface area contributed by atoms with Crippen LogP contribution in [-0.2, 0) is 9.84 Å². The molecule has 1 aromatic rings. The van der Waals surface area contributed by atoms with E-state index in [0.717, 1.165) is 0 Å². The van der Waals surface area contributed by atoms with Gasteiger partial charge in [-0.15, -0.1) is 0 Å². The molecule has 0 saturated heterocycles. The van der Waals surface area contributed by atoms with E-state index in [2.05, 4.69) is 0 Å². The lowest BCUT2D eigenvalue weighted by Crippen LogP contribution is -2.20. The summed E-state index contributed by atoms with van der Waals surface area (Å²) in [5.74, 6) is 0.218. The molecule has 1 aromatic carbocycles. The summed E-state index contributed by atoms with van der Waals surface area (Å²) in [6.45, 7) is 3.92. The maximum absolute atomic E-state index is 11.9. The molecule has 0 spiro atoms. The average molecular weight is 284 g/mol. The highest BCUT2D eigenvalue weighted by molar-refractivity contribution is 7.92. The Morgan fingerprint density at radius 1 is 1.21 bits per heavy atom. The molecule has 4 nitrogen and oxygen atoms in total. The zero-order chi connectivity index (χ0) is 14.5. The first-order chi connectivity index (χ1) is 8.84. The molecule has 0 saturated carbocycles. The fourth-order valence-corrected chi connectivity index (χ4v) is 3.09. The van der Waals surface area contributed by atoms with E-state index in [9.17, 15) is 13.2 Å². The van der Waals surface area contributed by atoms with Gasteiger partial charge < -0.3 is 4.74 Å². The standard InChI is InChI=1S/C14H20O4S/c1-11(2)8-9-19(16,17)10-14(15)12-4-6-13(18-3)7-5-12/h4-7,11H,8-10H2,1-3H3. The zero-order valence-electron chi connectivity index (χ0n) is 11.5. The Bertz CT molecular complexity index is 515. The maximum atomic E-state index is 11.9. The van der Waals surface area contributed by atoms with Crippen molar-refractivity contribution >= 4 is 15.6 Å². The van der Waals surface area contributed by atoms with Crippen molar-refractivity contribution in [1.82, 2.24) is 0 Å². The van der Waals surface area contributed by atoms with Gasteiger partial charge in [0.2, 0.25) is 0 Å². The van der Waals surface area contributed by atoms with Crippen LogP contribution in [0.1, 0.15) is 30.6 Å². The Morgan fingerprint density at radius 2 is 1.79 bits per heavy atom. The highest BCUT2D eigenvalue weighted by Crippen LogP contribution is 2.13. The van der Waals surface area contributed by atoms with Crippen molar-refractivity contribution in [1.29, 1.82) is 0 Å². The monoisotopic (exact) mass is 284 g/mol. The van der Waals surface area contributed by atoms with Gasteiger partial charge in [-0.2, -0.15) is 0 Å². The second-order valence-electron chi connectivity index (χ2n) is 4.93. The van der Waals surface area contributed by atoms with Crippen molar-refractivity contribution in [2.75, 3.05) is 18.6 Å². The molecule has 0 aliphatic heterocycles. The molecule has 0 aromatic heterocycles. The molecule has 0 heterocycles. The van der Waals surface area contributed by atoms with E-state index in [1.807, 2.05) is 13.8 Å². The number of carbonyl (C=O) groups is 1. The molecule has 106 valence electrons. The van der Waals surface area contributed by atoms with Gasteiger partial charge in [0.15, 0.2) is 15.6 Å². The summed E-state index contributed by atoms with van der Waals surface area (Å²) in [6, 6.07) is 6.46. The van der Waals surface area contributed by atoms with Gasteiger partial charge >= 0.3 is 0 Å². The molecule has 19 heavy (non-hydrogen) atoms. The Kier molecular flexibility index (Phi) is 5.54. The number of ether oxygens (including phenoxy) is 1. The predicted octanol–water partition coefficient (Wildman–Crippen LogP) is 2.34. The average Bonchev–Trinajstić information content (AvgIpc) is 2.36. The van der Waals surface area contributed by atoms with Gasteiger partial charge in [-0.05, 0) is 36.6 Å². The summed E-state index contributed by atoms with van der Waals surface area (Å²) in [4.78, 5) is 11.9. The van der Waals surface area contributed by atoms with E-state index in [4.69, 9.17) is 4.74 Å². The van der Waals surface area contributed by atoms with Crippen molar-refractivity contribution in [3.63, 3.8) is 0 Å². The molecule has 0 atom stereocenters. The molecule has 0 amide bonds. The third kappa shape index (κ3) is 5.42. The number of ketones is 1. The van der Waals surface area contributed by atoms with Gasteiger partial charge in [0.1, 0.15) is 11.5 Å². The molecular weight excluding hydrogens is 264 g/mol. The normalized spacial score (nSPS) is 11.6. The second kappa shape index (κ2) is 6.70. The third-order valence-corrected chi connectivity index (χ3v) is 4.33. The largest absolute Gasteiger partial charge is 0.497 e. The fraction of sp³-hybridized carbons (Fsp3) is 0.500. The SMILES string of the molecule is COc1ccc(C(=O)CS(=O)(=O)CCC(C)C)cc1. The smallest absolute Gasteiger partial charge is 0.177 e. The Balaban J connectivity index is 2.67. The summed E-state index contributed by atoms with van der Waals surface area (Å²) in [6.07, 6.45) is 0.582. The Labute approximate surface area is 114 Å². The van der Waals surface area contributed by atoms with Crippen molar-refractivity contribution in [2.24, 2.45) is 5.92 Å². The highest BCUT2D eigenvalue weighted by atomic mass is 32.2. The molecular formula is C14H20O4S. The van der Waals surface area contributed by atoms with E-state index >= 15 is 0 Å². The van der Waals surface area contributed by atoms with Crippen LogP contribution in [0.25, 0.3) is 0 Å². The third-order valence-electron chi connectivity index (χ3n) is 2.77. The van der Waals surface area contributed by atoms with E-state index in [0.29, 0.717) is 23.7 Å². The lowest BCUT2D eigenvalue weighted by Gasteiger charge is -2.06. The van der Waals surface area contributed by atoms with Gasteiger partial charge in [-0.1, -0.05) is 13.8 Å². The Morgan fingerprint density at radius 3 is 2.26 bits per heavy atom. The molecule has 0 fully saturated rings. The molecule has 0 aliphatic carbocycles. The first kappa shape index (κ1) is 15.7. The lowest BCUT2D eigenvalue weighted by molar-refractivity contribution is 0.102. The quantitative estimate of drug-likeness (QED) is 0.721. The molecule has 0 N–H and O–H groups in total. The first-order valence-corrected chi connectivity index (χ1v) is 8.04. The van der Waals surface area contributed by atoms with Crippen LogP contribution in [-0.4, -0.2) is 32.8 Å². The van der Waals surface area contributed by atoms with Crippen molar-refractivity contribution in [3.05, 3.63) is 29.8 Å². The van der Waals surface area contributed by atoms with Gasteiger partial charge in [0.25, 0.3) is 0 Å². The van der Waals surface area contributed by atoms with Crippen LogP contribution in [0, 0.1) is 5.92 Å². The van der Waals surface area contributed by atoms with Crippen LogP contribution in [0.5, 0.6) is 5.75 Å². The number of hydrogen-bond donors (Lipinski definition) is 0. The molecule has 0 unspecified atom stereocenters. The number of methoxy groups -OCH3 is 1. The maximum Gasteiger partial charge on any atom is 0.177 e. The van der Waals surface area contributed by atoms with Crippen LogP contribution < -0.4 is 4.74 Å². The van der Waals surface area contributed by atoms with E-state index in [1.165, 1.54) is 7.11 Å². The number of carbonyl (C=O) groups excluding carboxylic acids is 1. The lowest BCUT2D eigenvalue weighted by atomic mass is 10.1. The number of rotatable bonds is 7. The van der Waals surface area contributed by atoms with Crippen LogP contribution >= 0.6 is 0 Å². The number of benzene rings is 1. The summed E-state index contributed by atoms with van der Waals surface area (Å²) >= 11 is 0.